The van der Waals surface area contributed by atoms with E-state index in [-0.39, 0.29) is 12.0 Å². The van der Waals surface area contributed by atoms with Crippen LogP contribution < -0.4 is 5.32 Å². The van der Waals surface area contributed by atoms with E-state index in [2.05, 4.69) is 15.3 Å². The number of fused-ring (bicyclic) bond motifs is 1. The summed E-state index contributed by atoms with van der Waals surface area (Å²) in [5, 5.41) is 13.6. The number of likely N-dealkylation sites (tertiary alicyclic amines) is 1. The molecule has 1 aliphatic heterocycles. The molecular formula is C17H16N4O2S. The average Bonchev–Trinajstić information content (AvgIpc) is 3.19. The number of rotatable bonds is 3. The predicted molar refractivity (Wildman–Crippen MR) is 93.6 cm³/mol. The van der Waals surface area contributed by atoms with Gasteiger partial charge in [-0.1, -0.05) is 41.7 Å². The highest BCUT2D eigenvalue weighted by Gasteiger charge is 2.36. The van der Waals surface area contributed by atoms with Crippen LogP contribution in [0.15, 0.2) is 48.8 Å². The summed E-state index contributed by atoms with van der Waals surface area (Å²) in [5.41, 5.74) is 2.00. The van der Waals surface area contributed by atoms with Crippen molar-refractivity contribution < 1.29 is 9.90 Å². The first-order valence-electron chi connectivity index (χ1n) is 7.70. The Kier molecular flexibility index (Phi) is 3.78. The molecule has 0 radical (unpaired) electrons. The Hall–Kier alpha value is -2.67. The second kappa shape index (κ2) is 6.09. The molecule has 2 aromatic heterocycles. The average molecular weight is 340 g/mol. The van der Waals surface area contributed by atoms with E-state index in [4.69, 9.17) is 0 Å². The number of aromatic nitrogens is 2. The minimum Gasteiger partial charge on any atom is -0.465 e. The van der Waals surface area contributed by atoms with E-state index in [0.717, 1.165) is 20.9 Å². The van der Waals surface area contributed by atoms with Crippen molar-refractivity contribution in [2.75, 3.05) is 18.4 Å². The molecule has 7 heteroatoms. The number of carbonyl (C=O) groups is 1. The molecular weight excluding hydrogens is 324 g/mol. The van der Waals surface area contributed by atoms with Gasteiger partial charge in [0.05, 0.1) is 16.9 Å². The third-order valence-corrected chi connectivity index (χ3v) is 5.28. The Morgan fingerprint density at radius 2 is 2.08 bits per heavy atom. The molecule has 1 aromatic carbocycles. The van der Waals surface area contributed by atoms with Gasteiger partial charge in [0.25, 0.3) is 0 Å². The first-order valence-corrected chi connectivity index (χ1v) is 8.52. The molecule has 6 nitrogen and oxygen atoms in total. The van der Waals surface area contributed by atoms with Crippen molar-refractivity contribution >= 4 is 32.8 Å². The topological polar surface area (TPSA) is 78.4 Å². The zero-order valence-electron chi connectivity index (χ0n) is 12.8. The zero-order chi connectivity index (χ0) is 16.5. The molecule has 3 heterocycles. The van der Waals surface area contributed by atoms with E-state index >= 15 is 0 Å². The van der Waals surface area contributed by atoms with Gasteiger partial charge in [-0.25, -0.2) is 9.78 Å². The van der Waals surface area contributed by atoms with Crippen LogP contribution in [0.4, 0.5) is 9.93 Å². The number of pyridine rings is 1. The van der Waals surface area contributed by atoms with Crippen molar-refractivity contribution in [3.63, 3.8) is 0 Å². The summed E-state index contributed by atoms with van der Waals surface area (Å²) in [6.07, 6.45) is 2.61. The molecule has 1 fully saturated rings. The van der Waals surface area contributed by atoms with Gasteiger partial charge in [0.1, 0.15) is 5.52 Å². The maximum atomic E-state index is 11.4. The Bertz CT molecular complexity index is 834. The Balaban J connectivity index is 1.62. The molecule has 0 bridgehead atoms. The van der Waals surface area contributed by atoms with Gasteiger partial charge >= 0.3 is 6.09 Å². The number of benzene rings is 1. The molecule has 0 saturated carbocycles. The number of hydrogen-bond acceptors (Lipinski definition) is 5. The molecule has 0 spiro atoms. The molecule has 2 unspecified atom stereocenters. The number of hydrogen-bond donors (Lipinski definition) is 2. The first-order chi connectivity index (χ1) is 11.7. The molecule has 2 N–H and O–H groups in total. The Labute approximate surface area is 142 Å². The monoisotopic (exact) mass is 340 g/mol. The van der Waals surface area contributed by atoms with Gasteiger partial charge in [-0.05, 0) is 11.6 Å². The lowest BCUT2D eigenvalue weighted by Gasteiger charge is -2.19. The third kappa shape index (κ3) is 2.78. The van der Waals surface area contributed by atoms with Gasteiger partial charge in [-0.2, -0.15) is 0 Å². The van der Waals surface area contributed by atoms with Gasteiger partial charge in [0.15, 0.2) is 5.13 Å². The minimum atomic E-state index is -0.881. The number of nitrogens with one attached hydrogen (secondary N) is 1. The number of anilines is 1. The lowest BCUT2D eigenvalue weighted by molar-refractivity contribution is 0.155. The second-order valence-corrected chi connectivity index (χ2v) is 6.85. The Morgan fingerprint density at radius 3 is 2.83 bits per heavy atom. The second-order valence-electron chi connectivity index (χ2n) is 5.82. The number of thiazole rings is 1. The van der Waals surface area contributed by atoms with Gasteiger partial charge in [0, 0.05) is 25.2 Å². The number of nitrogens with zero attached hydrogens (tertiary/aromatic N) is 3. The smallest absolute Gasteiger partial charge is 0.407 e. The van der Waals surface area contributed by atoms with Gasteiger partial charge in [0.2, 0.25) is 0 Å². The molecule has 0 aliphatic carbocycles. The van der Waals surface area contributed by atoms with Crippen LogP contribution in [-0.4, -0.2) is 45.2 Å². The lowest BCUT2D eigenvalue weighted by atomic mass is 9.94. The summed E-state index contributed by atoms with van der Waals surface area (Å²) >= 11 is 1.56. The van der Waals surface area contributed by atoms with Crippen LogP contribution >= 0.6 is 11.3 Å². The summed E-state index contributed by atoms with van der Waals surface area (Å²) in [6.45, 7) is 0.937. The summed E-state index contributed by atoms with van der Waals surface area (Å²) in [4.78, 5) is 21.5. The fourth-order valence-corrected chi connectivity index (χ4v) is 4.04. The van der Waals surface area contributed by atoms with Crippen LogP contribution in [-0.2, 0) is 0 Å². The van der Waals surface area contributed by atoms with Gasteiger partial charge < -0.3 is 15.3 Å². The van der Waals surface area contributed by atoms with Crippen molar-refractivity contribution in [1.82, 2.24) is 14.9 Å². The van der Waals surface area contributed by atoms with Crippen molar-refractivity contribution in [3.8, 4) is 0 Å². The Morgan fingerprint density at radius 1 is 1.25 bits per heavy atom. The largest absolute Gasteiger partial charge is 0.465 e. The van der Waals surface area contributed by atoms with Crippen LogP contribution in [0.1, 0.15) is 11.5 Å². The zero-order valence-corrected chi connectivity index (χ0v) is 13.6. The quantitative estimate of drug-likeness (QED) is 0.765. The standard InChI is InChI=1S/C17H16N4O2S/c22-17(23)21-9-12(11-4-2-1-3-5-11)14(10-21)20-16-19-13-8-18-7-6-15(13)24-16/h1-8,12,14H,9-10H2,(H,19,20)(H,22,23). The van der Waals surface area contributed by atoms with Crippen LogP contribution in [0.3, 0.4) is 0 Å². The minimum absolute atomic E-state index is 0.00276. The normalized spacial score (nSPS) is 20.4. The van der Waals surface area contributed by atoms with Crippen LogP contribution in [0, 0.1) is 0 Å². The van der Waals surface area contributed by atoms with E-state index in [1.807, 2.05) is 36.4 Å². The van der Waals surface area contributed by atoms with Gasteiger partial charge in [-0.15, -0.1) is 0 Å². The molecule has 24 heavy (non-hydrogen) atoms. The molecule has 2 atom stereocenters. The van der Waals surface area contributed by atoms with Crippen LogP contribution in [0.25, 0.3) is 10.2 Å². The molecule has 4 rings (SSSR count). The van der Waals surface area contributed by atoms with E-state index < -0.39 is 6.09 Å². The predicted octanol–water partition coefficient (Wildman–Crippen LogP) is 3.25. The summed E-state index contributed by atoms with van der Waals surface area (Å²) in [7, 11) is 0. The maximum Gasteiger partial charge on any atom is 0.407 e. The highest BCUT2D eigenvalue weighted by Crippen LogP contribution is 2.32. The highest BCUT2D eigenvalue weighted by molar-refractivity contribution is 7.22. The fraction of sp³-hybridized carbons (Fsp3) is 0.235. The van der Waals surface area contributed by atoms with E-state index in [9.17, 15) is 9.90 Å². The maximum absolute atomic E-state index is 11.4. The molecule has 3 aromatic rings. The number of amides is 1. The lowest BCUT2D eigenvalue weighted by Crippen LogP contribution is -2.30. The summed E-state index contributed by atoms with van der Waals surface area (Å²) < 4.78 is 1.07. The SMILES string of the molecule is O=C(O)N1CC(Nc2nc3cnccc3s2)C(c2ccccc2)C1. The van der Waals surface area contributed by atoms with E-state index in [0.29, 0.717) is 13.1 Å². The molecule has 1 amide bonds. The highest BCUT2D eigenvalue weighted by atomic mass is 32.1. The van der Waals surface area contributed by atoms with Crippen LogP contribution in [0.2, 0.25) is 0 Å². The fourth-order valence-electron chi connectivity index (χ4n) is 3.14. The van der Waals surface area contributed by atoms with E-state index in [1.165, 1.54) is 4.90 Å². The van der Waals surface area contributed by atoms with Crippen molar-refractivity contribution in [2.45, 2.75) is 12.0 Å². The molecule has 1 aliphatic rings. The number of carboxylic acid groups (broad SMARTS) is 1. The van der Waals surface area contributed by atoms with Crippen molar-refractivity contribution in [1.29, 1.82) is 0 Å². The van der Waals surface area contributed by atoms with Crippen LogP contribution in [0.5, 0.6) is 0 Å². The summed E-state index contributed by atoms with van der Waals surface area (Å²) in [5.74, 6) is 0.104. The molecule has 1 saturated heterocycles. The third-order valence-electron chi connectivity index (χ3n) is 4.32. The van der Waals surface area contributed by atoms with E-state index in [1.54, 1.807) is 23.7 Å². The van der Waals surface area contributed by atoms with Gasteiger partial charge in [-0.3, -0.25) is 4.98 Å². The van der Waals surface area contributed by atoms with Crippen molar-refractivity contribution in [3.05, 3.63) is 54.4 Å². The van der Waals surface area contributed by atoms with Crippen molar-refractivity contribution in [2.24, 2.45) is 0 Å². The first kappa shape index (κ1) is 14.9. The summed E-state index contributed by atoms with van der Waals surface area (Å²) in [6, 6.07) is 12.0. The molecule has 122 valence electrons.